The molecule has 0 fully saturated rings. The van der Waals surface area contributed by atoms with Crippen LogP contribution in [0.4, 0.5) is 0 Å². The summed E-state index contributed by atoms with van der Waals surface area (Å²) in [5.41, 5.74) is 1.13. The molecule has 0 aliphatic rings. The van der Waals surface area contributed by atoms with Crippen LogP contribution in [0.5, 0.6) is 0 Å². The molecule has 1 unspecified atom stereocenters. The average Bonchev–Trinajstić information content (AvgIpc) is 2.84. The van der Waals surface area contributed by atoms with Gasteiger partial charge < -0.3 is 15.2 Å². The van der Waals surface area contributed by atoms with Crippen molar-refractivity contribution in [1.29, 1.82) is 0 Å². The van der Waals surface area contributed by atoms with Crippen molar-refractivity contribution in [3.63, 3.8) is 0 Å². The SMILES string of the molecule is CCCNCc1cncn1CCC(=O)NC(C)CC. The third-order valence-corrected chi connectivity index (χ3v) is 3.13. The third kappa shape index (κ3) is 5.87. The summed E-state index contributed by atoms with van der Waals surface area (Å²) >= 11 is 0. The summed E-state index contributed by atoms with van der Waals surface area (Å²) in [4.78, 5) is 15.9. The Kier molecular flexibility index (Phi) is 7.18. The van der Waals surface area contributed by atoms with Gasteiger partial charge in [0.15, 0.2) is 0 Å². The summed E-state index contributed by atoms with van der Waals surface area (Å²) in [6, 6.07) is 0.251. The van der Waals surface area contributed by atoms with E-state index in [-0.39, 0.29) is 11.9 Å². The Balaban J connectivity index is 2.36. The quantitative estimate of drug-likeness (QED) is 0.669. The van der Waals surface area contributed by atoms with Crippen LogP contribution in [-0.4, -0.2) is 28.0 Å². The van der Waals surface area contributed by atoms with Crippen LogP contribution in [0, 0.1) is 0 Å². The van der Waals surface area contributed by atoms with Crippen LogP contribution in [-0.2, 0) is 17.9 Å². The van der Waals surface area contributed by atoms with Crippen LogP contribution in [0.1, 0.15) is 45.7 Å². The summed E-state index contributed by atoms with van der Waals surface area (Å²) in [6.07, 6.45) is 6.23. The van der Waals surface area contributed by atoms with Gasteiger partial charge >= 0.3 is 0 Å². The Hall–Kier alpha value is -1.36. The van der Waals surface area contributed by atoms with Crippen molar-refractivity contribution in [2.24, 2.45) is 0 Å². The molecule has 1 heterocycles. The fourth-order valence-electron chi connectivity index (χ4n) is 1.76. The molecule has 1 aromatic rings. The number of aryl methyl sites for hydroxylation is 1. The highest BCUT2D eigenvalue weighted by atomic mass is 16.1. The highest BCUT2D eigenvalue weighted by molar-refractivity contribution is 5.76. The van der Waals surface area contributed by atoms with Crippen LogP contribution in [0.3, 0.4) is 0 Å². The van der Waals surface area contributed by atoms with E-state index in [2.05, 4.69) is 29.5 Å². The van der Waals surface area contributed by atoms with E-state index in [4.69, 9.17) is 0 Å². The summed E-state index contributed by atoms with van der Waals surface area (Å²) in [6.45, 7) is 8.73. The minimum atomic E-state index is 0.107. The number of nitrogens with zero attached hydrogens (tertiary/aromatic N) is 2. The Morgan fingerprint density at radius 3 is 2.95 bits per heavy atom. The van der Waals surface area contributed by atoms with E-state index in [0.717, 1.165) is 31.6 Å². The number of aromatic nitrogens is 2. The zero-order chi connectivity index (χ0) is 14.1. The second kappa shape index (κ2) is 8.69. The van der Waals surface area contributed by atoms with Gasteiger partial charge in [-0.3, -0.25) is 4.79 Å². The number of hydrogen-bond acceptors (Lipinski definition) is 3. The number of carbonyl (C=O) groups is 1. The van der Waals surface area contributed by atoms with Crippen LogP contribution < -0.4 is 10.6 Å². The second-order valence-electron chi connectivity index (χ2n) is 4.88. The highest BCUT2D eigenvalue weighted by Gasteiger charge is 2.07. The highest BCUT2D eigenvalue weighted by Crippen LogP contribution is 2.01. The maximum absolute atomic E-state index is 11.7. The first-order chi connectivity index (χ1) is 9.17. The number of hydrogen-bond donors (Lipinski definition) is 2. The second-order valence-corrected chi connectivity index (χ2v) is 4.88. The molecule has 2 N–H and O–H groups in total. The van der Waals surface area contributed by atoms with E-state index < -0.39 is 0 Å². The molecule has 5 nitrogen and oxygen atoms in total. The molecule has 1 aromatic heterocycles. The van der Waals surface area contributed by atoms with Crippen molar-refractivity contribution < 1.29 is 4.79 Å². The van der Waals surface area contributed by atoms with Crippen molar-refractivity contribution in [2.45, 2.75) is 59.2 Å². The molecule has 19 heavy (non-hydrogen) atoms. The lowest BCUT2D eigenvalue weighted by molar-refractivity contribution is -0.121. The van der Waals surface area contributed by atoms with Gasteiger partial charge in [0.1, 0.15) is 0 Å². The average molecular weight is 266 g/mol. The van der Waals surface area contributed by atoms with Crippen molar-refractivity contribution in [3.8, 4) is 0 Å². The molecule has 0 aromatic carbocycles. The minimum absolute atomic E-state index is 0.107. The van der Waals surface area contributed by atoms with E-state index >= 15 is 0 Å². The van der Waals surface area contributed by atoms with Crippen LogP contribution >= 0.6 is 0 Å². The molecule has 1 rings (SSSR count). The van der Waals surface area contributed by atoms with Gasteiger partial charge in [-0.1, -0.05) is 13.8 Å². The van der Waals surface area contributed by atoms with E-state index in [1.807, 2.05) is 17.7 Å². The number of imidazole rings is 1. The Morgan fingerprint density at radius 1 is 1.47 bits per heavy atom. The van der Waals surface area contributed by atoms with E-state index in [1.54, 1.807) is 6.33 Å². The van der Waals surface area contributed by atoms with Crippen LogP contribution in [0.25, 0.3) is 0 Å². The summed E-state index contributed by atoms with van der Waals surface area (Å²) in [5.74, 6) is 0.107. The van der Waals surface area contributed by atoms with Gasteiger partial charge in [0, 0.05) is 31.7 Å². The predicted octanol–water partition coefficient (Wildman–Crippen LogP) is 1.69. The number of carbonyl (C=O) groups excluding carboxylic acids is 1. The van der Waals surface area contributed by atoms with E-state index in [1.165, 1.54) is 0 Å². The molecular weight excluding hydrogens is 240 g/mol. The first-order valence-corrected chi connectivity index (χ1v) is 7.16. The Labute approximate surface area is 115 Å². The lowest BCUT2D eigenvalue weighted by Gasteiger charge is -2.12. The van der Waals surface area contributed by atoms with Gasteiger partial charge in [-0.25, -0.2) is 4.98 Å². The first-order valence-electron chi connectivity index (χ1n) is 7.16. The monoisotopic (exact) mass is 266 g/mol. The standard InChI is InChI=1S/C14H26N4O/c1-4-7-15-9-13-10-16-11-18(13)8-6-14(19)17-12(3)5-2/h10-12,15H,4-9H2,1-3H3,(H,17,19). The maximum Gasteiger partial charge on any atom is 0.221 e. The van der Waals surface area contributed by atoms with Gasteiger partial charge in [0.05, 0.1) is 12.0 Å². The molecule has 0 aliphatic carbocycles. The maximum atomic E-state index is 11.7. The van der Waals surface area contributed by atoms with Crippen molar-refractivity contribution in [2.75, 3.05) is 6.54 Å². The Morgan fingerprint density at radius 2 is 2.26 bits per heavy atom. The zero-order valence-electron chi connectivity index (χ0n) is 12.3. The van der Waals surface area contributed by atoms with Crippen LogP contribution in [0.2, 0.25) is 0 Å². The van der Waals surface area contributed by atoms with Gasteiger partial charge in [0.2, 0.25) is 5.91 Å². The largest absolute Gasteiger partial charge is 0.354 e. The third-order valence-electron chi connectivity index (χ3n) is 3.13. The molecule has 1 atom stereocenters. The molecule has 0 radical (unpaired) electrons. The predicted molar refractivity (Wildman–Crippen MR) is 76.7 cm³/mol. The van der Waals surface area contributed by atoms with Gasteiger partial charge in [-0.05, 0) is 26.3 Å². The summed E-state index contributed by atoms with van der Waals surface area (Å²) in [5, 5.41) is 6.32. The topological polar surface area (TPSA) is 59.0 Å². The van der Waals surface area contributed by atoms with Gasteiger partial charge in [0.25, 0.3) is 0 Å². The number of nitrogens with one attached hydrogen (secondary N) is 2. The molecule has 0 aliphatic heterocycles. The van der Waals surface area contributed by atoms with Gasteiger partial charge in [-0.2, -0.15) is 0 Å². The molecule has 0 saturated heterocycles. The normalized spacial score (nSPS) is 12.4. The molecule has 0 bridgehead atoms. The first kappa shape index (κ1) is 15.7. The lowest BCUT2D eigenvalue weighted by Crippen LogP contribution is -2.32. The Bertz CT molecular complexity index is 375. The van der Waals surface area contributed by atoms with Crippen molar-refractivity contribution in [3.05, 3.63) is 18.2 Å². The van der Waals surface area contributed by atoms with Crippen molar-refractivity contribution >= 4 is 5.91 Å². The number of rotatable bonds is 9. The molecule has 0 spiro atoms. The summed E-state index contributed by atoms with van der Waals surface area (Å²) in [7, 11) is 0. The lowest BCUT2D eigenvalue weighted by atomic mass is 10.2. The fourth-order valence-corrected chi connectivity index (χ4v) is 1.76. The minimum Gasteiger partial charge on any atom is -0.354 e. The zero-order valence-corrected chi connectivity index (χ0v) is 12.3. The summed E-state index contributed by atoms with van der Waals surface area (Å²) < 4.78 is 2.04. The molecule has 108 valence electrons. The van der Waals surface area contributed by atoms with E-state index in [9.17, 15) is 4.79 Å². The molecule has 0 saturated carbocycles. The number of amides is 1. The molecule has 1 amide bonds. The van der Waals surface area contributed by atoms with Crippen molar-refractivity contribution in [1.82, 2.24) is 20.2 Å². The molecular formula is C14H26N4O. The fraction of sp³-hybridized carbons (Fsp3) is 0.714. The molecule has 5 heteroatoms. The van der Waals surface area contributed by atoms with Crippen LogP contribution in [0.15, 0.2) is 12.5 Å². The van der Waals surface area contributed by atoms with E-state index in [0.29, 0.717) is 13.0 Å². The smallest absolute Gasteiger partial charge is 0.221 e. The van der Waals surface area contributed by atoms with Gasteiger partial charge in [-0.15, -0.1) is 0 Å².